The second kappa shape index (κ2) is 10.3. The number of anilines is 1. The standard InChI is InChI=1S/C26H31Cl2N5O2/c1-17(21-7-5-18(27)12-22(21)28)33-16-30-23-8-6-19(13-25(23)33)31-10-11-32(20(14-31)15-34)26(35)24-4-2-3-9-29-24/h5-8,12-13,16-17,20,24,29,34H,2-4,9-11,14-15H2,1H3. The fraction of sp³-hybridized carbons (Fsp3) is 0.462. The summed E-state index contributed by atoms with van der Waals surface area (Å²) < 4.78 is 2.12. The predicted octanol–water partition coefficient (Wildman–Crippen LogP) is 4.10. The van der Waals surface area contributed by atoms with Crippen molar-refractivity contribution in [1.82, 2.24) is 19.8 Å². The van der Waals surface area contributed by atoms with Crippen LogP contribution in [0.15, 0.2) is 42.7 Å². The van der Waals surface area contributed by atoms with E-state index in [1.165, 1.54) is 0 Å². The number of rotatable bonds is 5. The van der Waals surface area contributed by atoms with E-state index in [9.17, 15) is 9.90 Å². The van der Waals surface area contributed by atoms with Crippen molar-refractivity contribution >= 4 is 45.8 Å². The van der Waals surface area contributed by atoms with Crippen molar-refractivity contribution in [2.75, 3.05) is 37.7 Å². The number of piperazine rings is 1. The number of benzene rings is 2. The first kappa shape index (κ1) is 24.4. The number of carbonyl (C=O) groups excluding carboxylic acids is 1. The molecule has 3 aromatic rings. The number of piperidine rings is 1. The van der Waals surface area contributed by atoms with E-state index in [2.05, 4.69) is 38.8 Å². The van der Waals surface area contributed by atoms with Crippen LogP contribution in [0.5, 0.6) is 0 Å². The summed E-state index contributed by atoms with van der Waals surface area (Å²) in [6.45, 7) is 4.82. The van der Waals surface area contributed by atoms with Gasteiger partial charge in [-0.25, -0.2) is 4.98 Å². The van der Waals surface area contributed by atoms with E-state index >= 15 is 0 Å². The van der Waals surface area contributed by atoms with E-state index in [-0.39, 0.29) is 30.6 Å². The van der Waals surface area contributed by atoms with E-state index in [1.807, 2.05) is 29.4 Å². The molecule has 2 saturated heterocycles. The molecule has 0 bridgehead atoms. The van der Waals surface area contributed by atoms with Crippen LogP contribution in [0.3, 0.4) is 0 Å². The molecule has 0 spiro atoms. The molecular formula is C26H31Cl2N5O2. The maximum Gasteiger partial charge on any atom is 0.240 e. The molecule has 2 aromatic carbocycles. The van der Waals surface area contributed by atoms with Crippen molar-refractivity contribution in [1.29, 1.82) is 0 Å². The maximum atomic E-state index is 13.1. The highest BCUT2D eigenvalue weighted by Gasteiger charge is 2.34. The number of aliphatic hydroxyl groups excluding tert-OH is 1. The summed E-state index contributed by atoms with van der Waals surface area (Å²) in [4.78, 5) is 21.8. The molecule has 186 valence electrons. The fourth-order valence-electron chi connectivity index (χ4n) is 5.31. The number of hydrogen-bond acceptors (Lipinski definition) is 5. The summed E-state index contributed by atoms with van der Waals surface area (Å²) in [5.41, 5.74) is 3.94. The van der Waals surface area contributed by atoms with Gasteiger partial charge < -0.3 is 24.8 Å². The molecule has 35 heavy (non-hydrogen) atoms. The van der Waals surface area contributed by atoms with Crippen molar-refractivity contribution in [2.45, 2.75) is 44.3 Å². The molecule has 3 heterocycles. The maximum absolute atomic E-state index is 13.1. The number of aromatic nitrogens is 2. The van der Waals surface area contributed by atoms with Crippen LogP contribution in [0, 0.1) is 0 Å². The molecule has 5 rings (SSSR count). The van der Waals surface area contributed by atoms with E-state index < -0.39 is 0 Å². The lowest BCUT2D eigenvalue weighted by Gasteiger charge is -2.43. The quantitative estimate of drug-likeness (QED) is 0.534. The molecule has 2 aliphatic heterocycles. The monoisotopic (exact) mass is 515 g/mol. The molecule has 2 aliphatic rings. The lowest BCUT2D eigenvalue weighted by atomic mass is 10.0. The number of amides is 1. The Hall–Kier alpha value is -2.32. The Morgan fingerprint density at radius 1 is 1.20 bits per heavy atom. The molecule has 0 aliphatic carbocycles. The zero-order valence-corrected chi connectivity index (χ0v) is 21.3. The number of carbonyl (C=O) groups is 1. The molecule has 0 radical (unpaired) electrons. The smallest absolute Gasteiger partial charge is 0.240 e. The number of nitrogens with one attached hydrogen (secondary N) is 1. The van der Waals surface area contributed by atoms with E-state index in [1.54, 1.807) is 6.07 Å². The average Bonchev–Trinajstić information content (AvgIpc) is 3.31. The normalized spacial score (nSPS) is 21.9. The predicted molar refractivity (Wildman–Crippen MR) is 140 cm³/mol. The Labute approximate surface area is 215 Å². The second-order valence-corrected chi connectivity index (χ2v) is 10.3. The van der Waals surface area contributed by atoms with Gasteiger partial charge in [-0.3, -0.25) is 4.79 Å². The van der Waals surface area contributed by atoms with Crippen LogP contribution in [-0.2, 0) is 4.79 Å². The number of hydrogen-bond donors (Lipinski definition) is 2. The minimum Gasteiger partial charge on any atom is -0.394 e. The van der Waals surface area contributed by atoms with E-state index in [0.29, 0.717) is 29.7 Å². The van der Waals surface area contributed by atoms with Gasteiger partial charge in [-0.15, -0.1) is 0 Å². The van der Waals surface area contributed by atoms with Gasteiger partial charge in [0.25, 0.3) is 0 Å². The lowest BCUT2D eigenvalue weighted by Crippen LogP contribution is -2.60. The highest BCUT2D eigenvalue weighted by Crippen LogP contribution is 2.32. The van der Waals surface area contributed by atoms with Crippen LogP contribution < -0.4 is 10.2 Å². The molecule has 1 aromatic heterocycles. The zero-order chi connectivity index (χ0) is 24.5. The molecule has 9 heteroatoms. The first-order chi connectivity index (χ1) is 17.0. The summed E-state index contributed by atoms with van der Waals surface area (Å²) in [5.74, 6) is 0.116. The first-order valence-corrected chi connectivity index (χ1v) is 13.0. The second-order valence-electron chi connectivity index (χ2n) is 9.48. The largest absolute Gasteiger partial charge is 0.394 e. The van der Waals surface area contributed by atoms with Crippen LogP contribution in [-0.4, -0.2) is 70.3 Å². The van der Waals surface area contributed by atoms with Gasteiger partial charge in [0, 0.05) is 35.4 Å². The van der Waals surface area contributed by atoms with E-state index in [4.69, 9.17) is 23.2 Å². The average molecular weight is 516 g/mol. The molecule has 2 fully saturated rings. The van der Waals surface area contributed by atoms with Gasteiger partial charge in [0.2, 0.25) is 5.91 Å². The Balaban J connectivity index is 1.37. The molecule has 2 N–H and O–H groups in total. The van der Waals surface area contributed by atoms with Gasteiger partial charge in [-0.05, 0) is 62.2 Å². The topological polar surface area (TPSA) is 73.6 Å². The number of fused-ring (bicyclic) bond motifs is 1. The van der Waals surface area contributed by atoms with Crippen LogP contribution in [0.4, 0.5) is 5.69 Å². The summed E-state index contributed by atoms with van der Waals surface area (Å²) in [5, 5.41) is 14.7. The van der Waals surface area contributed by atoms with Gasteiger partial charge in [0.05, 0.1) is 42.1 Å². The van der Waals surface area contributed by atoms with Crippen LogP contribution in [0.25, 0.3) is 11.0 Å². The Morgan fingerprint density at radius 3 is 2.80 bits per heavy atom. The van der Waals surface area contributed by atoms with Crippen molar-refractivity contribution < 1.29 is 9.90 Å². The van der Waals surface area contributed by atoms with Gasteiger partial charge in [-0.2, -0.15) is 0 Å². The van der Waals surface area contributed by atoms with E-state index in [0.717, 1.165) is 48.1 Å². The molecule has 3 atom stereocenters. The first-order valence-electron chi connectivity index (χ1n) is 12.3. The van der Waals surface area contributed by atoms with Gasteiger partial charge >= 0.3 is 0 Å². The number of nitrogens with zero attached hydrogens (tertiary/aromatic N) is 4. The summed E-state index contributed by atoms with van der Waals surface area (Å²) in [6.07, 6.45) is 4.89. The summed E-state index contributed by atoms with van der Waals surface area (Å²) in [6, 6.07) is 11.4. The molecule has 0 saturated carbocycles. The summed E-state index contributed by atoms with van der Waals surface area (Å²) >= 11 is 12.6. The molecule has 7 nitrogen and oxygen atoms in total. The zero-order valence-electron chi connectivity index (χ0n) is 19.8. The van der Waals surface area contributed by atoms with Crippen LogP contribution >= 0.6 is 23.2 Å². The third-order valence-corrected chi connectivity index (χ3v) is 7.90. The number of aliphatic hydroxyl groups is 1. The van der Waals surface area contributed by atoms with Crippen LogP contribution in [0.1, 0.15) is 37.8 Å². The Bertz CT molecular complexity index is 1210. The fourth-order valence-corrected chi connectivity index (χ4v) is 5.88. The number of imidazole rings is 1. The van der Waals surface area contributed by atoms with Crippen LogP contribution in [0.2, 0.25) is 10.0 Å². The molecular weight excluding hydrogens is 485 g/mol. The SMILES string of the molecule is CC(c1ccc(Cl)cc1Cl)n1cnc2ccc(N3CCN(C(=O)C4CCCCN4)C(CO)C3)cc21. The van der Waals surface area contributed by atoms with Crippen molar-refractivity contribution in [3.8, 4) is 0 Å². The highest BCUT2D eigenvalue weighted by atomic mass is 35.5. The van der Waals surface area contributed by atoms with Crippen molar-refractivity contribution in [2.24, 2.45) is 0 Å². The minimum absolute atomic E-state index is 0.0253. The number of halogens is 2. The van der Waals surface area contributed by atoms with Crippen molar-refractivity contribution in [3.05, 3.63) is 58.3 Å². The van der Waals surface area contributed by atoms with Gasteiger partial charge in [-0.1, -0.05) is 35.7 Å². The van der Waals surface area contributed by atoms with Crippen molar-refractivity contribution in [3.63, 3.8) is 0 Å². The van der Waals surface area contributed by atoms with Gasteiger partial charge in [0.15, 0.2) is 0 Å². The molecule has 3 unspecified atom stereocenters. The highest BCUT2D eigenvalue weighted by molar-refractivity contribution is 6.35. The minimum atomic E-state index is -0.229. The third kappa shape index (κ3) is 4.87. The summed E-state index contributed by atoms with van der Waals surface area (Å²) in [7, 11) is 0. The lowest BCUT2D eigenvalue weighted by molar-refractivity contribution is -0.137. The van der Waals surface area contributed by atoms with Gasteiger partial charge in [0.1, 0.15) is 0 Å². The third-order valence-electron chi connectivity index (χ3n) is 7.34. The molecule has 1 amide bonds. The Morgan fingerprint density at radius 2 is 2.06 bits per heavy atom. The Kier molecular flexibility index (Phi) is 7.21.